The van der Waals surface area contributed by atoms with Crippen molar-refractivity contribution in [1.82, 2.24) is 9.55 Å². The number of nitrogens with zero attached hydrogens (tertiary/aromatic N) is 2. The molecule has 0 saturated heterocycles. The van der Waals surface area contributed by atoms with Crippen LogP contribution in [0.2, 0.25) is 0 Å². The molecule has 1 heterocycles. The molecule has 7 heteroatoms. The normalized spacial score (nSPS) is 11.9. The maximum Gasteiger partial charge on any atom is 0.337 e. The number of carbonyl (C=O) groups excluding carboxylic acids is 2. The predicted molar refractivity (Wildman–Crippen MR) is 130 cm³/mol. The fraction of sp³-hybridized carbons (Fsp3) is 0.185. The van der Waals surface area contributed by atoms with Gasteiger partial charge >= 0.3 is 5.97 Å². The predicted octanol–water partition coefficient (Wildman–Crippen LogP) is 4.01. The zero-order valence-electron chi connectivity index (χ0n) is 19.0. The highest BCUT2D eigenvalue weighted by Gasteiger charge is 2.20. The first-order chi connectivity index (χ1) is 16.4. The molecule has 0 saturated carbocycles. The summed E-state index contributed by atoms with van der Waals surface area (Å²) in [6.45, 7) is 1.94. The van der Waals surface area contributed by atoms with Gasteiger partial charge in [-0.25, -0.2) is 9.78 Å². The van der Waals surface area contributed by atoms with Gasteiger partial charge in [-0.2, -0.15) is 0 Å². The molecule has 0 aliphatic heterocycles. The van der Waals surface area contributed by atoms with E-state index in [1.54, 1.807) is 42.5 Å². The standard InChI is InChI=1S/C27H25N3O4/c1-3-21(28)25-29-22-11-7-8-19(24(22)26(32)30(25)20-9-5-4-6-10-20)16-23(31)17-12-14-18(15-13-17)27(33)34-2/h4-15,21H,3,16,28H2,1-2H3/t21-/m0/s1. The zero-order chi connectivity index (χ0) is 24.2. The number of hydrogen-bond donors (Lipinski definition) is 1. The van der Waals surface area contributed by atoms with Crippen molar-refractivity contribution in [2.45, 2.75) is 25.8 Å². The molecule has 3 aromatic carbocycles. The summed E-state index contributed by atoms with van der Waals surface area (Å²) in [5, 5.41) is 0.387. The number of nitrogens with two attached hydrogens (primary N) is 1. The summed E-state index contributed by atoms with van der Waals surface area (Å²) >= 11 is 0. The smallest absolute Gasteiger partial charge is 0.337 e. The fourth-order valence-corrected chi connectivity index (χ4v) is 3.91. The van der Waals surface area contributed by atoms with Crippen molar-refractivity contribution in [2.75, 3.05) is 7.11 Å². The first kappa shape index (κ1) is 23.1. The fourth-order valence-electron chi connectivity index (χ4n) is 3.91. The van der Waals surface area contributed by atoms with E-state index in [1.165, 1.54) is 11.7 Å². The molecule has 7 nitrogen and oxygen atoms in total. The third-order valence-corrected chi connectivity index (χ3v) is 5.77. The summed E-state index contributed by atoms with van der Waals surface area (Å²) in [6.07, 6.45) is 0.629. The van der Waals surface area contributed by atoms with Gasteiger partial charge in [0.15, 0.2) is 5.78 Å². The number of carbonyl (C=O) groups is 2. The lowest BCUT2D eigenvalue weighted by atomic mass is 9.99. The first-order valence-corrected chi connectivity index (χ1v) is 11.0. The van der Waals surface area contributed by atoms with Crippen molar-refractivity contribution in [1.29, 1.82) is 0 Å². The van der Waals surface area contributed by atoms with Crippen LogP contribution in [0.3, 0.4) is 0 Å². The van der Waals surface area contributed by atoms with E-state index in [9.17, 15) is 14.4 Å². The molecule has 0 aliphatic rings. The molecule has 0 unspecified atom stereocenters. The molecule has 2 N–H and O–H groups in total. The number of para-hydroxylation sites is 1. The Bertz CT molecular complexity index is 1410. The lowest BCUT2D eigenvalue weighted by Crippen LogP contribution is -2.29. The van der Waals surface area contributed by atoms with E-state index in [0.29, 0.717) is 45.5 Å². The van der Waals surface area contributed by atoms with Gasteiger partial charge in [0.1, 0.15) is 5.82 Å². The Balaban J connectivity index is 1.81. The van der Waals surface area contributed by atoms with Crippen LogP contribution in [-0.2, 0) is 11.2 Å². The Morgan fingerprint density at radius 1 is 0.971 bits per heavy atom. The summed E-state index contributed by atoms with van der Waals surface area (Å²) in [5.74, 6) is -0.168. The summed E-state index contributed by atoms with van der Waals surface area (Å²) in [4.78, 5) is 43.2. The van der Waals surface area contributed by atoms with E-state index in [2.05, 4.69) is 0 Å². The maximum absolute atomic E-state index is 13.8. The number of ketones is 1. The number of methoxy groups -OCH3 is 1. The number of aromatic nitrogens is 2. The van der Waals surface area contributed by atoms with Gasteiger partial charge in [0.25, 0.3) is 5.56 Å². The number of ether oxygens (including phenoxy) is 1. The highest BCUT2D eigenvalue weighted by Crippen LogP contribution is 2.22. The number of Topliss-reactive ketones (excluding diaryl/α,β-unsaturated/α-hetero) is 1. The minimum absolute atomic E-state index is 0.0137. The van der Waals surface area contributed by atoms with Crippen molar-refractivity contribution in [3.8, 4) is 5.69 Å². The Hall–Kier alpha value is -4.10. The van der Waals surface area contributed by atoms with Crippen LogP contribution >= 0.6 is 0 Å². The second kappa shape index (κ2) is 9.80. The number of fused-ring (bicyclic) bond motifs is 1. The molecule has 0 spiro atoms. The molecule has 1 atom stereocenters. The van der Waals surface area contributed by atoms with Gasteiger partial charge in [-0.1, -0.05) is 49.4 Å². The van der Waals surface area contributed by atoms with Crippen molar-refractivity contribution < 1.29 is 14.3 Å². The largest absolute Gasteiger partial charge is 0.465 e. The van der Waals surface area contributed by atoms with Crippen LogP contribution in [0.4, 0.5) is 0 Å². The summed E-state index contributed by atoms with van der Waals surface area (Å²) in [6, 6.07) is 20.4. The third-order valence-electron chi connectivity index (χ3n) is 5.77. The quantitative estimate of drug-likeness (QED) is 0.334. The average Bonchev–Trinajstić information content (AvgIpc) is 2.88. The Kier molecular flexibility index (Phi) is 6.65. The third kappa shape index (κ3) is 4.38. The first-order valence-electron chi connectivity index (χ1n) is 11.0. The molecule has 0 radical (unpaired) electrons. The molecule has 4 rings (SSSR count). The SMILES string of the molecule is CC[C@H](N)c1nc2cccc(CC(=O)c3ccc(C(=O)OC)cc3)c2c(=O)n1-c1ccccc1. The molecular formula is C27H25N3O4. The molecule has 0 aliphatic carbocycles. The molecule has 172 valence electrons. The van der Waals surface area contributed by atoms with Crippen molar-refractivity contribution in [3.05, 3.63) is 106 Å². The second-order valence-electron chi connectivity index (χ2n) is 7.94. The van der Waals surface area contributed by atoms with Crippen molar-refractivity contribution >= 4 is 22.7 Å². The van der Waals surface area contributed by atoms with Crippen LogP contribution in [-0.4, -0.2) is 28.4 Å². The second-order valence-corrected chi connectivity index (χ2v) is 7.94. The van der Waals surface area contributed by atoms with Gasteiger partial charge in [-0.05, 0) is 42.3 Å². The highest BCUT2D eigenvalue weighted by atomic mass is 16.5. The molecule has 1 aromatic heterocycles. The Morgan fingerprint density at radius 2 is 1.65 bits per heavy atom. The molecule has 0 bridgehead atoms. The van der Waals surface area contributed by atoms with E-state index in [4.69, 9.17) is 15.5 Å². The minimum Gasteiger partial charge on any atom is -0.465 e. The van der Waals surface area contributed by atoms with Crippen molar-refractivity contribution in [3.63, 3.8) is 0 Å². The van der Waals surface area contributed by atoms with Crippen LogP contribution < -0.4 is 11.3 Å². The van der Waals surface area contributed by atoms with Crippen LogP contribution in [0.5, 0.6) is 0 Å². The molecule has 0 fully saturated rings. The molecular weight excluding hydrogens is 430 g/mol. The van der Waals surface area contributed by atoms with E-state index < -0.39 is 12.0 Å². The zero-order valence-corrected chi connectivity index (χ0v) is 19.0. The van der Waals surface area contributed by atoms with E-state index in [-0.39, 0.29) is 17.8 Å². The maximum atomic E-state index is 13.8. The van der Waals surface area contributed by atoms with Gasteiger partial charge in [0, 0.05) is 12.0 Å². The van der Waals surface area contributed by atoms with Crippen LogP contribution in [0.15, 0.2) is 77.6 Å². The van der Waals surface area contributed by atoms with Gasteiger partial charge in [-0.15, -0.1) is 0 Å². The topological polar surface area (TPSA) is 104 Å². The summed E-state index contributed by atoms with van der Waals surface area (Å²) in [5.41, 5.74) is 8.60. The number of esters is 1. The van der Waals surface area contributed by atoms with E-state index in [0.717, 1.165) is 0 Å². The van der Waals surface area contributed by atoms with Gasteiger partial charge < -0.3 is 10.5 Å². The number of hydrogen-bond acceptors (Lipinski definition) is 6. The monoisotopic (exact) mass is 455 g/mol. The minimum atomic E-state index is -0.471. The molecule has 34 heavy (non-hydrogen) atoms. The van der Waals surface area contributed by atoms with E-state index in [1.807, 2.05) is 37.3 Å². The van der Waals surface area contributed by atoms with Crippen molar-refractivity contribution in [2.24, 2.45) is 5.73 Å². The van der Waals surface area contributed by atoms with Gasteiger partial charge in [0.2, 0.25) is 0 Å². The van der Waals surface area contributed by atoms with Gasteiger partial charge in [-0.3, -0.25) is 14.2 Å². The van der Waals surface area contributed by atoms with E-state index >= 15 is 0 Å². The molecule has 4 aromatic rings. The molecule has 0 amide bonds. The van der Waals surface area contributed by atoms with Gasteiger partial charge in [0.05, 0.1) is 35.3 Å². The highest BCUT2D eigenvalue weighted by molar-refractivity contribution is 6.00. The summed E-state index contributed by atoms with van der Waals surface area (Å²) < 4.78 is 6.24. The summed E-state index contributed by atoms with van der Waals surface area (Å²) in [7, 11) is 1.30. The number of benzene rings is 3. The van der Waals surface area contributed by atoms with Crippen LogP contribution in [0, 0.1) is 0 Å². The lowest BCUT2D eigenvalue weighted by Gasteiger charge is -2.18. The lowest BCUT2D eigenvalue weighted by molar-refractivity contribution is 0.0600. The van der Waals surface area contributed by atoms with Crippen LogP contribution in [0.25, 0.3) is 16.6 Å². The Morgan fingerprint density at radius 3 is 2.29 bits per heavy atom. The number of rotatable bonds is 7. The average molecular weight is 456 g/mol. The van der Waals surface area contributed by atoms with Crippen LogP contribution in [0.1, 0.15) is 51.5 Å². The Labute approximate surface area is 196 Å².